The quantitative estimate of drug-likeness (QED) is 0.134. The van der Waals surface area contributed by atoms with Gasteiger partial charge in [-0.15, -0.1) is 11.3 Å². The van der Waals surface area contributed by atoms with Crippen LogP contribution < -0.4 is 15.0 Å². The molecule has 13 rings (SSSR count). The molecular weight excluding hydrogens is 1110 g/mol. The lowest BCUT2D eigenvalue weighted by atomic mass is 9.85. The van der Waals surface area contributed by atoms with E-state index in [1.54, 1.807) is 36.0 Å². The van der Waals surface area contributed by atoms with E-state index in [1.165, 1.54) is 49.8 Å². The number of benzene rings is 7. The van der Waals surface area contributed by atoms with Crippen LogP contribution in [0.3, 0.4) is 0 Å². The molecular formula is C75H91N9O3S. The summed E-state index contributed by atoms with van der Waals surface area (Å²) in [5.74, 6) is 0.813. The SMILES string of the molecule is CC(C)(C)c1ccc2cc[nH]c2c1.CC(C)(C)c1ccc2nc[nH]c2c1.CC(C)(C)c1ccc2nc[nH]c2c1.CC(C)(C)c1ccc2ocnc2c1.CC(C)(C)c1ccc2scnc2c1.COc1cc(C(C)(C)C)cc2c1CNC(=O)N2c1ccccc1. The molecule has 1 aliphatic rings. The van der Waals surface area contributed by atoms with Crippen LogP contribution in [0.4, 0.5) is 16.2 Å². The normalized spacial score (nSPS) is 12.8. The minimum atomic E-state index is -0.114. The van der Waals surface area contributed by atoms with Crippen LogP contribution in [-0.4, -0.2) is 48.0 Å². The van der Waals surface area contributed by atoms with E-state index in [0.717, 1.165) is 66.9 Å². The number of ether oxygens (including phenoxy) is 1. The van der Waals surface area contributed by atoms with Crippen LogP contribution in [0.25, 0.3) is 54.3 Å². The number of hydrogen-bond acceptors (Lipinski definition) is 8. The zero-order valence-electron chi connectivity index (χ0n) is 55.2. The highest BCUT2D eigenvalue weighted by atomic mass is 32.1. The number of hydrogen-bond donors (Lipinski definition) is 4. The zero-order valence-corrected chi connectivity index (χ0v) is 56.1. The summed E-state index contributed by atoms with van der Waals surface area (Å²) >= 11 is 1.70. The van der Waals surface area contributed by atoms with Gasteiger partial charge in [-0.2, -0.15) is 0 Å². The Morgan fingerprint density at radius 2 is 0.977 bits per heavy atom. The van der Waals surface area contributed by atoms with E-state index in [2.05, 4.69) is 268 Å². The van der Waals surface area contributed by atoms with Gasteiger partial charge in [-0.3, -0.25) is 4.90 Å². The van der Waals surface area contributed by atoms with Gasteiger partial charge in [-0.05, 0) is 156 Å². The van der Waals surface area contributed by atoms with Crippen LogP contribution in [0, 0.1) is 0 Å². The number of carbonyl (C=O) groups excluding carboxylic acids is 1. The van der Waals surface area contributed by atoms with Gasteiger partial charge in [0.1, 0.15) is 11.3 Å². The van der Waals surface area contributed by atoms with Crippen molar-refractivity contribution in [2.45, 2.75) is 164 Å². The van der Waals surface area contributed by atoms with E-state index >= 15 is 0 Å². The summed E-state index contributed by atoms with van der Waals surface area (Å²) in [6.45, 7) is 40.2. The molecule has 0 fully saturated rings. The molecule has 6 heterocycles. The fraction of sp³-hybridized carbons (Fsp3) is 0.347. The number of aromatic amines is 3. The molecule has 5 aromatic heterocycles. The van der Waals surface area contributed by atoms with E-state index < -0.39 is 0 Å². The van der Waals surface area contributed by atoms with Gasteiger partial charge in [0.2, 0.25) is 0 Å². The van der Waals surface area contributed by atoms with Gasteiger partial charge >= 0.3 is 6.03 Å². The summed E-state index contributed by atoms with van der Waals surface area (Å²) in [5.41, 5.74) is 21.9. The number of carbonyl (C=O) groups is 1. The van der Waals surface area contributed by atoms with E-state index in [4.69, 9.17) is 9.15 Å². The Hall–Kier alpha value is -8.55. The number of amides is 2. The Kier molecular flexibility index (Phi) is 19.6. The third kappa shape index (κ3) is 16.5. The number of anilines is 2. The average molecular weight is 1200 g/mol. The first-order chi connectivity index (χ1) is 41.3. The first-order valence-electron chi connectivity index (χ1n) is 30.2. The van der Waals surface area contributed by atoms with E-state index in [-0.39, 0.29) is 38.5 Å². The molecule has 2 amide bonds. The topological polar surface area (TPSA) is 154 Å². The van der Waals surface area contributed by atoms with Crippen LogP contribution in [0.15, 0.2) is 175 Å². The van der Waals surface area contributed by atoms with Crippen LogP contribution >= 0.6 is 11.3 Å². The van der Waals surface area contributed by atoms with Crippen molar-refractivity contribution < 1.29 is 13.9 Å². The van der Waals surface area contributed by atoms with Gasteiger partial charge in [0.15, 0.2) is 12.0 Å². The summed E-state index contributed by atoms with van der Waals surface area (Å²) in [4.78, 5) is 40.5. The first kappa shape index (κ1) is 65.4. The van der Waals surface area contributed by atoms with Crippen molar-refractivity contribution in [1.29, 1.82) is 0 Å². The number of nitrogens with zero attached hydrogens (tertiary/aromatic N) is 5. The molecule has 460 valence electrons. The van der Waals surface area contributed by atoms with Crippen molar-refractivity contribution in [3.63, 3.8) is 0 Å². The molecule has 0 aliphatic carbocycles. The van der Waals surface area contributed by atoms with Crippen molar-refractivity contribution >= 4 is 83.0 Å². The van der Waals surface area contributed by atoms with Crippen molar-refractivity contribution in [3.8, 4) is 5.75 Å². The number of H-pyrrole nitrogens is 3. The minimum absolute atomic E-state index is 0.0292. The second kappa shape index (κ2) is 26.4. The first-order valence-corrected chi connectivity index (χ1v) is 31.1. The minimum Gasteiger partial charge on any atom is -0.496 e. The molecule has 7 aromatic carbocycles. The molecule has 0 atom stereocenters. The molecule has 1 aliphatic heterocycles. The van der Waals surface area contributed by atoms with Gasteiger partial charge in [-0.1, -0.05) is 179 Å². The second-order valence-electron chi connectivity index (χ2n) is 28.6. The summed E-state index contributed by atoms with van der Waals surface area (Å²) in [5, 5.41) is 4.21. The standard InChI is InChI=1S/C19H22N2O2.C12H15N.2C11H14N2.C11H13NO.C11H13NS/c1-19(2,3)13-10-16-15(17(11-13)23-4)12-20-18(22)21(16)14-8-6-5-7-9-14;1-12(2,3)10-5-4-9-6-7-13-11(9)8-10;2*1-11(2,3)8-4-5-9-10(6-8)13-7-12-9;2*1-11(2,3)8-4-5-10-9(6-8)12-7-13-10/h5-11H,12H2,1-4H3,(H,20,22);4-8,13H,1-3H3;2*4-7H,1-3H3,(H,12,13);2*4-7H,1-3H3. The summed E-state index contributed by atoms with van der Waals surface area (Å²) in [6, 6.07) is 47.9. The van der Waals surface area contributed by atoms with Gasteiger partial charge in [0.05, 0.1) is 75.5 Å². The lowest BCUT2D eigenvalue weighted by Crippen LogP contribution is -2.41. The van der Waals surface area contributed by atoms with Gasteiger partial charge < -0.3 is 29.4 Å². The maximum absolute atomic E-state index is 12.5. The number of fused-ring (bicyclic) bond motifs is 6. The summed E-state index contributed by atoms with van der Waals surface area (Å²) in [7, 11) is 1.67. The van der Waals surface area contributed by atoms with Crippen molar-refractivity contribution in [2.75, 3.05) is 12.0 Å². The predicted octanol–water partition coefficient (Wildman–Crippen LogP) is 20.3. The summed E-state index contributed by atoms with van der Waals surface area (Å²) < 4.78 is 12.0. The third-order valence-electron chi connectivity index (χ3n) is 15.5. The van der Waals surface area contributed by atoms with Crippen LogP contribution in [0.5, 0.6) is 5.75 Å². The Bertz CT molecular complexity index is 3760. The van der Waals surface area contributed by atoms with Crippen LogP contribution in [0.2, 0.25) is 0 Å². The number of nitrogens with one attached hydrogen (secondary N) is 4. The lowest BCUT2D eigenvalue weighted by Gasteiger charge is -2.33. The Balaban J connectivity index is 0.000000139. The molecule has 0 unspecified atom stereocenters. The number of para-hydroxylation sites is 1. The maximum Gasteiger partial charge on any atom is 0.326 e. The molecule has 13 heteroatoms. The summed E-state index contributed by atoms with van der Waals surface area (Å²) in [6.07, 6.45) is 6.93. The number of urea groups is 1. The Morgan fingerprint density at radius 3 is 1.52 bits per heavy atom. The molecule has 12 nitrogen and oxygen atoms in total. The number of methoxy groups -OCH3 is 1. The Morgan fingerprint density at radius 1 is 0.477 bits per heavy atom. The maximum atomic E-state index is 12.5. The van der Waals surface area contributed by atoms with Crippen LogP contribution in [0.1, 0.15) is 164 Å². The van der Waals surface area contributed by atoms with Gasteiger partial charge in [0.25, 0.3) is 0 Å². The molecule has 0 bridgehead atoms. The predicted molar refractivity (Wildman–Crippen MR) is 370 cm³/mol. The highest BCUT2D eigenvalue weighted by molar-refractivity contribution is 7.16. The Labute approximate surface area is 525 Å². The lowest BCUT2D eigenvalue weighted by molar-refractivity contribution is 0.246. The molecule has 0 saturated carbocycles. The van der Waals surface area contributed by atoms with E-state index in [1.807, 2.05) is 48.1 Å². The van der Waals surface area contributed by atoms with E-state index in [0.29, 0.717) is 6.54 Å². The number of aromatic nitrogens is 7. The third-order valence-corrected chi connectivity index (χ3v) is 16.3. The van der Waals surface area contributed by atoms with Gasteiger partial charge in [0, 0.05) is 17.3 Å². The average Bonchev–Trinajstić information content (AvgIpc) is 2.17. The van der Waals surface area contributed by atoms with Crippen molar-refractivity contribution in [1.82, 2.24) is 40.2 Å². The molecule has 12 aromatic rings. The number of rotatable bonds is 2. The molecule has 0 spiro atoms. The number of thiazole rings is 1. The monoisotopic (exact) mass is 1200 g/mol. The van der Waals surface area contributed by atoms with E-state index in [9.17, 15) is 4.79 Å². The largest absolute Gasteiger partial charge is 0.496 e. The number of oxazole rings is 1. The molecule has 0 saturated heterocycles. The van der Waals surface area contributed by atoms with Crippen LogP contribution in [-0.2, 0) is 39.0 Å². The fourth-order valence-electron chi connectivity index (χ4n) is 9.78. The number of imidazole rings is 2. The highest BCUT2D eigenvalue weighted by Gasteiger charge is 2.30. The molecule has 4 N–H and O–H groups in total. The smallest absolute Gasteiger partial charge is 0.326 e. The van der Waals surface area contributed by atoms with Crippen molar-refractivity contribution in [2.24, 2.45) is 0 Å². The second-order valence-corrected chi connectivity index (χ2v) is 29.5. The highest BCUT2D eigenvalue weighted by Crippen LogP contribution is 2.41. The fourth-order valence-corrected chi connectivity index (χ4v) is 10.4. The molecule has 0 radical (unpaired) electrons. The van der Waals surface area contributed by atoms with Gasteiger partial charge in [-0.25, -0.2) is 24.7 Å². The molecule has 88 heavy (non-hydrogen) atoms. The zero-order chi connectivity index (χ0) is 64.0. The van der Waals surface area contributed by atoms with Crippen molar-refractivity contribution in [3.05, 3.63) is 209 Å².